The molecule has 1 aliphatic heterocycles. The van der Waals surface area contributed by atoms with E-state index in [1.807, 2.05) is 23.6 Å². The van der Waals surface area contributed by atoms with Gasteiger partial charge in [0.25, 0.3) is 0 Å². The number of fused-ring (bicyclic) bond motifs is 1. The SMILES string of the molecule is NCC1CCCCN1S(=O)(=O)Nc1ccc2sccc2c1. The van der Waals surface area contributed by atoms with Crippen molar-refractivity contribution in [2.24, 2.45) is 5.73 Å². The second kappa shape index (κ2) is 5.92. The number of nitrogens with zero attached hydrogens (tertiary/aromatic N) is 1. The van der Waals surface area contributed by atoms with Crippen LogP contribution in [0.3, 0.4) is 0 Å². The van der Waals surface area contributed by atoms with Crippen molar-refractivity contribution in [2.45, 2.75) is 25.3 Å². The third-order valence-corrected chi connectivity index (χ3v) is 6.34. The predicted molar refractivity (Wildman–Crippen MR) is 87.8 cm³/mol. The van der Waals surface area contributed by atoms with Gasteiger partial charge in [0.1, 0.15) is 0 Å². The summed E-state index contributed by atoms with van der Waals surface area (Å²) in [5, 5.41) is 3.05. The molecule has 1 aliphatic rings. The lowest BCUT2D eigenvalue weighted by Crippen LogP contribution is -2.49. The van der Waals surface area contributed by atoms with Crippen LogP contribution in [0.4, 0.5) is 5.69 Å². The molecule has 2 heterocycles. The van der Waals surface area contributed by atoms with Gasteiger partial charge in [-0.2, -0.15) is 12.7 Å². The molecule has 114 valence electrons. The fourth-order valence-electron chi connectivity index (χ4n) is 2.76. The second-order valence-corrected chi connectivity index (χ2v) is 7.85. The van der Waals surface area contributed by atoms with Crippen molar-refractivity contribution in [3.05, 3.63) is 29.6 Å². The molecule has 2 aromatic rings. The summed E-state index contributed by atoms with van der Waals surface area (Å²) in [6, 6.07) is 7.50. The number of piperidine rings is 1. The van der Waals surface area contributed by atoms with E-state index in [0.717, 1.165) is 29.3 Å². The van der Waals surface area contributed by atoms with E-state index in [2.05, 4.69) is 4.72 Å². The zero-order valence-corrected chi connectivity index (χ0v) is 13.3. The molecule has 7 heteroatoms. The molecule has 21 heavy (non-hydrogen) atoms. The van der Waals surface area contributed by atoms with Crippen LogP contribution in [-0.2, 0) is 10.2 Å². The molecule has 0 bridgehead atoms. The largest absolute Gasteiger partial charge is 0.329 e. The second-order valence-electron chi connectivity index (χ2n) is 5.28. The molecule has 0 amide bonds. The maximum absolute atomic E-state index is 12.6. The third kappa shape index (κ3) is 3.06. The maximum Gasteiger partial charge on any atom is 0.301 e. The number of anilines is 1. The normalized spacial score (nSPS) is 20.7. The molecule has 1 fully saturated rings. The smallest absolute Gasteiger partial charge is 0.301 e. The minimum atomic E-state index is -3.54. The van der Waals surface area contributed by atoms with E-state index >= 15 is 0 Å². The summed E-state index contributed by atoms with van der Waals surface area (Å²) in [4.78, 5) is 0. The molecular formula is C14H19N3O2S2. The van der Waals surface area contributed by atoms with Crippen molar-refractivity contribution in [1.29, 1.82) is 0 Å². The quantitative estimate of drug-likeness (QED) is 0.906. The summed E-state index contributed by atoms with van der Waals surface area (Å²) in [5.74, 6) is 0. The number of thiophene rings is 1. The van der Waals surface area contributed by atoms with Gasteiger partial charge in [-0.25, -0.2) is 0 Å². The molecule has 5 nitrogen and oxygen atoms in total. The first-order valence-corrected chi connectivity index (χ1v) is 9.39. The van der Waals surface area contributed by atoms with E-state index in [0.29, 0.717) is 18.8 Å². The van der Waals surface area contributed by atoms with E-state index in [4.69, 9.17) is 5.73 Å². The van der Waals surface area contributed by atoms with Gasteiger partial charge in [-0.1, -0.05) is 6.42 Å². The van der Waals surface area contributed by atoms with Gasteiger partial charge in [-0.15, -0.1) is 11.3 Å². The zero-order chi connectivity index (χ0) is 14.9. The Labute approximate surface area is 128 Å². The van der Waals surface area contributed by atoms with Gasteiger partial charge in [0, 0.05) is 23.8 Å². The highest BCUT2D eigenvalue weighted by Gasteiger charge is 2.31. The summed E-state index contributed by atoms with van der Waals surface area (Å²) in [5.41, 5.74) is 6.31. The molecule has 0 saturated carbocycles. The minimum Gasteiger partial charge on any atom is -0.329 e. The number of hydrogen-bond acceptors (Lipinski definition) is 4. The van der Waals surface area contributed by atoms with E-state index < -0.39 is 10.2 Å². The van der Waals surface area contributed by atoms with Crippen molar-refractivity contribution >= 4 is 37.3 Å². The molecule has 1 unspecified atom stereocenters. The molecule has 1 aromatic heterocycles. The van der Waals surface area contributed by atoms with Crippen molar-refractivity contribution in [3.63, 3.8) is 0 Å². The van der Waals surface area contributed by atoms with Crippen LogP contribution in [0.5, 0.6) is 0 Å². The van der Waals surface area contributed by atoms with Crippen molar-refractivity contribution in [3.8, 4) is 0 Å². The highest BCUT2D eigenvalue weighted by Crippen LogP contribution is 2.26. The Kier molecular flexibility index (Phi) is 4.17. The average Bonchev–Trinajstić information content (AvgIpc) is 2.94. The van der Waals surface area contributed by atoms with Crippen LogP contribution in [0, 0.1) is 0 Å². The van der Waals surface area contributed by atoms with Gasteiger partial charge in [0.2, 0.25) is 0 Å². The lowest BCUT2D eigenvalue weighted by atomic mass is 10.1. The van der Waals surface area contributed by atoms with E-state index in [-0.39, 0.29) is 6.04 Å². The van der Waals surface area contributed by atoms with Gasteiger partial charge < -0.3 is 5.73 Å². The summed E-state index contributed by atoms with van der Waals surface area (Å²) in [6.07, 6.45) is 2.76. The molecule has 1 aromatic carbocycles. The van der Waals surface area contributed by atoms with Crippen molar-refractivity contribution < 1.29 is 8.42 Å². The Hall–Kier alpha value is -1.15. The molecule has 1 atom stereocenters. The monoisotopic (exact) mass is 325 g/mol. The van der Waals surface area contributed by atoms with Crippen LogP contribution in [0.15, 0.2) is 29.6 Å². The van der Waals surface area contributed by atoms with Crippen molar-refractivity contribution in [1.82, 2.24) is 4.31 Å². The fraction of sp³-hybridized carbons (Fsp3) is 0.429. The summed E-state index contributed by atoms with van der Waals surface area (Å²) in [7, 11) is -3.54. The third-order valence-electron chi connectivity index (χ3n) is 3.85. The van der Waals surface area contributed by atoms with E-state index in [1.165, 1.54) is 4.31 Å². The van der Waals surface area contributed by atoms with Gasteiger partial charge in [-0.3, -0.25) is 4.72 Å². The zero-order valence-electron chi connectivity index (χ0n) is 11.7. The lowest BCUT2D eigenvalue weighted by Gasteiger charge is -2.33. The van der Waals surface area contributed by atoms with E-state index in [9.17, 15) is 8.42 Å². The number of hydrogen-bond donors (Lipinski definition) is 2. The minimum absolute atomic E-state index is 0.0962. The number of rotatable bonds is 4. The van der Waals surface area contributed by atoms with Crippen molar-refractivity contribution in [2.75, 3.05) is 17.8 Å². The summed E-state index contributed by atoms with van der Waals surface area (Å²) >= 11 is 1.64. The molecule has 0 aliphatic carbocycles. The van der Waals surface area contributed by atoms with Crippen LogP contribution in [0.2, 0.25) is 0 Å². The fourth-order valence-corrected chi connectivity index (χ4v) is 5.03. The topological polar surface area (TPSA) is 75.4 Å². The average molecular weight is 325 g/mol. The van der Waals surface area contributed by atoms with E-state index in [1.54, 1.807) is 17.4 Å². The number of nitrogens with one attached hydrogen (secondary N) is 1. The van der Waals surface area contributed by atoms with Crippen LogP contribution in [0.25, 0.3) is 10.1 Å². The number of nitrogens with two attached hydrogens (primary N) is 1. The first kappa shape index (κ1) is 14.8. The molecule has 3 N–H and O–H groups in total. The Morgan fingerprint density at radius 1 is 1.33 bits per heavy atom. The Bertz CT molecular complexity index is 727. The standard InChI is InChI=1S/C14H19N3O2S2/c15-10-13-3-1-2-7-17(13)21(18,19)16-12-4-5-14-11(9-12)6-8-20-14/h4-6,8-9,13,16H,1-3,7,10,15H2. The highest BCUT2D eigenvalue weighted by molar-refractivity contribution is 7.90. The predicted octanol–water partition coefficient (Wildman–Crippen LogP) is 2.37. The molecule has 1 saturated heterocycles. The number of benzene rings is 1. The summed E-state index contributed by atoms with van der Waals surface area (Å²) < 4.78 is 30.5. The van der Waals surface area contributed by atoms with Crippen LogP contribution < -0.4 is 10.5 Å². The Morgan fingerprint density at radius 2 is 2.19 bits per heavy atom. The van der Waals surface area contributed by atoms with Gasteiger partial charge in [0.15, 0.2) is 0 Å². The van der Waals surface area contributed by atoms with Gasteiger partial charge in [-0.05, 0) is 47.9 Å². The van der Waals surface area contributed by atoms with Crippen LogP contribution in [0.1, 0.15) is 19.3 Å². The first-order valence-electron chi connectivity index (χ1n) is 7.07. The first-order chi connectivity index (χ1) is 10.1. The van der Waals surface area contributed by atoms with Crippen LogP contribution >= 0.6 is 11.3 Å². The van der Waals surface area contributed by atoms with Crippen LogP contribution in [-0.4, -0.2) is 31.9 Å². The summed E-state index contributed by atoms with van der Waals surface area (Å²) in [6.45, 7) is 0.905. The molecule has 3 rings (SSSR count). The van der Waals surface area contributed by atoms with Gasteiger partial charge in [0.05, 0.1) is 5.69 Å². The maximum atomic E-state index is 12.6. The highest BCUT2D eigenvalue weighted by atomic mass is 32.2. The lowest BCUT2D eigenvalue weighted by molar-refractivity contribution is 0.259. The Morgan fingerprint density at radius 3 is 3.00 bits per heavy atom. The Balaban J connectivity index is 1.84. The molecule has 0 spiro atoms. The molecular weight excluding hydrogens is 306 g/mol. The van der Waals surface area contributed by atoms with Gasteiger partial charge >= 0.3 is 10.2 Å². The molecule has 0 radical (unpaired) electrons.